The zero-order valence-corrected chi connectivity index (χ0v) is 19.3. The van der Waals surface area contributed by atoms with E-state index in [2.05, 4.69) is 20.3 Å². The largest absolute Gasteiger partial charge is 0.441 e. The van der Waals surface area contributed by atoms with Crippen LogP contribution in [0.15, 0.2) is 41.1 Å². The molecule has 2 aliphatic rings. The number of pyridine rings is 2. The van der Waals surface area contributed by atoms with Crippen LogP contribution in [0.3, 0.4) is 0 Å². The molecular weight excluding hydrogens is 479 g/mol. The fourth-order valence-electron chi connectivity index (χ4n) is 4.27. The molecule has 13 heteroatoms. The first-order valence-electron chi connectivity index (χ1n) is 11.2. The third kappa shape index (κ3) is 4.43. The molecule has 36 heavy (non-hydrogen) atoms. The first kappa shape index (κ1) is 23.6. The van der Waals surface area contributed by atoms with Gasteiger partial charge in [0.05, 0.1) is 17.9 Å². The van der Waals surface area contributed by atoms with E-state index in [1.807, 2.05) is 10.2 Å². The zero-order chi connectivity index (χ0) is 25.6. The molecule has 2 atom stereocenters. The summed E-state index contributed by atoms with van der Waals surface area (Å²) in [5.74, 6) is 0.508. The number of nitrogens with one attached hydrogen (secondary N) is 2. The highest BCUT2D eigenvalue weighted by Gasteiger charge is 2.41. The Bertz CT molecular complexity index is 1330. The molecule has 0 aromatic carbocycles. The number of urea groups is 1. The van der Waals surface area contributed by atoms with Gasteiger partial charge in [-0.2, -0.15) is 13.2 Å². The average Bonchev–Trinajstić information content (AvgIpc) is 3.45. The lowest BCUT2D eigenvalue weighted by molar-refractivity contribution is -0.149. The van der Waals surface area contributed by atoms with Gasteiger partial charge < -0.3 is 14.6 Å². The molecule has 1 saturated heterocycles. The third-order valence-electron chi connectivity index (χ3n) is 6.14. The van der Waals surface area contributed by atoms with E-state index < -0.39 is 24.2 Å². The molecule has 2 N–H and O–H groups in total. The number of carbonyl (C=O) groups is 2. The van der Waals surface area contributed by atoms with Crippen molar-refractivity contribution in [3.8, 4) is 11.3 Å². The quantitative estimate of drug-likeness (QED) is 0.559. The molecule has 0 unspecified atom stereocenters. The highest BCUT2D eigenvalue weighted by Crippen LogP contribution is 2.39. The number of alkyl halides is 3. The predicted molar refractivity (Wildman–Crippen MR) is 124 cm³/mol. The molecule has 0 spiro atoms. The standard InChI is InChI=1S/C23H22F3N7O3/c1-12(23(24,25)26)29-21(34)16-3-4-17-20(30-16)33(15-6-8-32(17)11-15)22(35)31-19-9-14(5-7-27-19)18-10-28-13(2)36-18/h3-5,7,9-10,12,15H,6,8,11H2,1-2H3,(H,29,34)(H,27,31,35)/t12-,15+/m1/s1. The Balaban J connectivity index is 1.41. The molecule has 2 bridgehead atoms. The molecule has 5 heterocycles. The molecule has 188 valence electrons. The summed E-state index contributed by atoms with van der Waals surface area (Å²) in [5.41, 5.74) is 1.08. The minimum absolute atomic E-state index is 0.204. The van der Waals surface area contributed by atoms with Crippen molar-refractivity contribution in [3.05, 3.63) is 48.2 Å². The Kier molecular flexibility index (Phi) is 5.77. The number of hydrogen-bond acceptors (Lipinski definition) is 7. The van der Waals surface area contributed by atoms with Gasteiger partial charge in [0.1, 0.15) is 17.6 Å². The lowest BCUT2D eigenvalue weighted by Gasteiger charge is -2.35. The van der Waals surface area contributed by atoms with E-state index >= 15 is 0 Å². The monoisotopic (exact) mass is 501 g/mol. The van der Waals surface area contributed by atoms with Crippen molar-refractivity contribution in [2.45, 2.75) is 38.5 Å². The van der Waals surface area contributed by atoms with Crippen molar-refractivity contribution in [2.75, 3.05) is 28.2 Å². The second kappa shape index (κ2) is 8.81. The Morgan fingerprint density at radius 3 is 2.75 bits per heavy atom. The average molecular weight is 501 g/mol. The van der Waals surface area contributed by atoms with Crippen LogP contribution in [0.1, 0.15) is 29.7 Å². The maximum atomic E-state index is 13.4. The maximum absolute atomic E-state index is 13.4. The zero-order valence-electron chi connectivity index (χ0n) is 19.3. The summed E-state index contributed by atoms with van der Waals surface area (Å²) in [6.07, 6.45) is -0.832. The Labute approximate surface area is 203 Å². The van der Waals surface area contributed by atoms with Crippen LogP contribution in [-0.2, 0) is 0 Å². The van der Waals surface area contributed by atoms with Crippen molar-refractivity contribution in [1.29, 1.82) is 0 Å². The summed E-state index contributed by atoms with van der Waals surface area (Å²) in [6, 6.07) is 3.52. The molecule has 3 aromatic heterocycles. The summed E-state index contributed by atoms with van der Waals surface area (Å²) in [4.78, 5) is 41.9. The van der Waals surface area contributed by atoms with Gasteiger partial charge in [0.15, 0.2) is 17.5 Å². The van der Waals surface area contributed by atoms with Crippen molar-refractivity contribution in [2.24, 2.45) is 0 Å². The van der Waals surface area contributed by atoms with Crippen LogP contribution in [0.4, 0.5) is 35.3 Å². The normalized spacial score (nSPS) is 17.5. The van der Waals surface area contributed by atoms with Crippen LogP contribution in [0.25, 0.3) is 11.3 Å². The molecule has 3 amide bonds. The minimum atomic E-state index is -4.59. The predicted octanol–water partition coefficient (Wildman–Crippen LogP) is 3.75. The van der Waals surface area contributed by atoms with E-state index in [-0.39, 0.29) is 23.4 Å². The highest BCUT2D eigenvalue weighted by molar-refractivity contribution is 6.05. The molecule has 3 aromatic rings. The molecule has 0 saturated carbocycles. The van der Waals surface area contributed by atoms with Gasteiger partial charge >= 0.3 is 12.2 Å². The lowest BCUT2D eigenvalue weighted by atomic mass is 10.1. The SMILES string of the molecule is Cc1ncc(-c2ccnc(NC(=O)N3c4nc(C(=O)N[C@H](C)C(F)(F)F)ccc4N4CC[C@H]3C4)c2)o1. The minimum Gasteiger partial charge on any atom is -0.441 e. The Morgan fingerprint density at radius 1 is 1.22 bits per heavy atom. The number of carbonyl (C=O) groups excluding carboxylic acids is 2. The number of amides is 3. The summed E-state index contributed by atoms with van der Waals surface area (Å²) in [5, 5.41) is 4.66. The fourth-order valence-corrected chi connectivity index (χ4v) is 4.27. The molecule has 0 aliphatic carbocycles. The number of nitrogens with zero attached hydrogens (tertiary/aromatic N) is 5. The number of fused-ring (bicyclic) bond motifs is 4. The number of oxazole rings is 1. The van der Waals surface area contributed by atoms with Crippen molar-refractivity contribution >= 4 is 29.3 Å². The van der Waals surface area contributed by atoms with Crippen molar-refractivity contribution < 1.29 is 27.2 Å². The molecule has 5 rings (SSSR count). The summed E-state index contributed by atoms with van der Waals surface area (Å²) < 4.78 is 44.2. The third-order valence-corrected chi connectivity index (χ3v) is 6.14. The molecular formula is C23H22F3N7O3. The first-order valence-corrected chi connectivity index (χ1v) is 11.2. The van der Waals surface area contributed by atoms with E-state index in [0.717, 1.165) is 6.92 Å². The van der Waals surface area contributed by atoms with E-state index in [1.165, 1.54) is 17.2 Å². The second-order valence-corrected chi connectivity index (χ2v) is 8.64. The lowest BCUT2D eigenvalue weighted by Crippen LogP contribution is -2.49. The van der Waals surface area contributed by atoms with E-state index in [0.29, 0.717) is 42.4 Å². The summed E-state index contributed by atoms with van der Waals surface area (Å²) >= 11 is 0. The van der Waals surface area contributed by atoms with Crippen molar-refractivity contribution in [1.82, 2.24) is 20.3 Å². The number of rotatable bonds is 4. The first-order chi connectivity index (χ1) is 17.1. The topological polar surface area (TPSA) is 116 Å². The van der Waals surface area contributed by atoms with E-state index in [9.17, 15) is 22.8 Å². The van der Waals surface area contributed by atoms with Gasteiger partial charge in [0, 0.05) is 31.8 Å². The smallest absolute Gasteiger partial charge is 0.408 e. The van der Waals surface area contributed by atoms with Gasteiger partial charge in [-0.3, -0.25) is 15.0 Å². The number of hydrogen-bond donors (Lipinski definition) is 2. The van der Waals surface area contributed by atoms with Crippen LogP contribution in [0.2, 0.25) is 0 Å². The van der Waals surface area contributed by atoms with Gasteiger partial charge in [-0.25, -0.2) is 19.7 Å². The summed E-state index contributed by atoms with van der Waals surface area (Å²) in [7, 11) is 0. The van der Waals surface area contributed by atoms with Gasteiger partial charge in [-0.1, -0.05) is 0 Å². The molecule has 2 aliphatic heterocycles. The molecule has 10 nitrogen and oxygen atoms in total. The van der Waals surface area contributed by atoms with Crippen LogP contribution in [0, 0.1) is 6.92 Å². The van der Waals surface area contributed by atoms with Crippen LogP contribution < -0.4 is 20.4 Å². The fraction of sp³-hybridized carbons (Fsp3) is 0.348. The maximum Gasteiger partial charge on any atom is 0.408 e. The van der Waals surface area contributed by atoms with Crippen LogP contribution in [-0.4, -0.2) is 58.2 Å². The van der Waals surface area contributed by atoms with Gasteiger partial charge in [0.25, 0.3) is 5.91 Å². The van der Waals surface area contributed by atoms with Gasteiger partial charge in [0.2, 0.25) is 0 Å². The second-order valence-electron chi connectivity index (χ2n) is 8.64. The number of anilines is 3. The van der Waals surface area contributed by atoms with Crippen LogP contribution >= 0.6 is 0 Å². The van der Waals surface area contributed by atoms with Crippen LogP contribution in [0.5, 0.6) is 0 Å². The van der Waals surface area contributed by atoms with E-state index in [1.54, 1.807) is 31.3 Å². The Hall–Kier alpha value is -4.16. The Morgan fingerprint density at radius 2 is 2.03 bits per heavy atom. The number of aromatic nitrogens is 3. The van der Waals surface area contributed by atoms with Crippen molar-refractivity contribution in [3.63, 3.8) is 0 Å². The number of aryl methyl sites for hydroxylation is 1. The van der Waals surface area contributed by atoms with Gasteiger partial charge in [-0.15, -0.1) is 0 Å². The molecule has 1 fully saturated rings. The summed E-state index contributed by atoms with van der Waals surface area (Å²) in [6.45, 7) is 3.82. The van der Waals surface area contributed by atoms with E-state index in [4.69, 9.17) is 4.42 Å². The highest BCUT2D eigenvalue weighted by atomic mass is 19.4. The molecule has 0 radical (unpaired) electrons. The number of halogens is 3. The van der Waals surface area contributed by atoms with Gasteiger partial charge in [-0.05, 0) is 37.6 Å².